The van der Waals surface area contributed by atoms with Crippen LogP contribution < -0.4 is 18.9 Å². The summed E-state index contributed by atoms with van der Waals surface area (Å²) >= 11 is 0. The van der Waals surface area contributed by atoms with Gasteiger partial charge in [0.25, 0.3) is 0 Å². The number of benzene rings is 2. The molecule has 0 amide bonds. The lowest BCUT2D eigenvalue weighted by molar-refractivity contribution is -0.277. The highest BCUT2D eigenvalue weighted by atomic mass is 16.7. The molecule has 0 aliphatic carbocycles. The Morgan fingerprint density at radius 2 is 1.55 bits per heavy atom. The Kier molecular flexibility index (Phi) is 10.7. The van der Waals surface area contributed by atoms with E-state index in [2.05, 4.69) is 0 Å². The third-order valence-corrected chi connectivity index (χ3v) is 6.03. The van der Waals surface area contributed by atoms with E-state index in [-0.39, 0.29) is 23.9 Å². The van der Waals surface area contributed by atoms with Gasteiger partial charge in [0.05, 0.1) is 34.0 Å². The molecule has 2 aromatic carbocycles. The van der Waals surface area contributed by atoms with Gasteiger partial charge < -0.3 is 59.4 Å². The summed E-state index contributed by atoms with van der Waals surface area (Å²) in [5, 5.41) is 69.4. The van der Waals surface area contributed by atoms with E-state index in [4.69, 9.17) is 28.8 Å². The maximum absolute atomic E-state index is 11.0. The summed E-state index contributed by atoms with van der Waals surface area (Å²) in [5.41, 5.74) is 1.06. The first kappa shape index (κ1) is 29.6. The minimum absolute atomic E-state index is 0.0856. The molecule has 2 unspecified atom stereocenters. The van der Waals surface area contributed by atoms with Gasteiger partial charge in [-0.05, 0) is 35.4 Å². The number of hydrogen-bond acceptors (Lipinski definition) is 12. The highest BCUT2D eigenvalue weighted by Crippen LogP contribution is 2.36. The minimum Gasteiger partial charge on any atom is -0.493 e. The zero-order chi connectivity index (χ0) is 27.8. The molecular weight excluding hydrogens is 504 g/mol. The molecule has 0 spiro atoms. The quantitative estimate of drug-likeness (QED) is 0.181. The number of aliphatic hydroxyl groups is 7. The van der Waals surface area contributed by atoms with Crippen LogP contribution in [0.15, 0.2) is 42.5 Å². The fourth-order valence-corrected chi connectivity index (χ4v) is 3.91. The molecule has 7 atom stereocenters. The van der Waals surface area contributed by atoms with Crippen LogP contribution in [0.5, 0.6) is 23.0 Å². The van der Waals surface area contributed by atoms with Crippen LogP contribution in [-0.2, 0) is 4.74 Å². The van der Waals surface area contributed by atoms with Crippen molar-refractivity contribution in [3.05, 3.63) is 53.6 Å². The largest absolute Gasteiger partial charge is 0.493 e. The van der Waals surface area contributed by atoms with E-state index in [0.717, 1.165) is 5.56 Å². The van der Waals surface area contributed by atoms with Crippen molar-refractivity contribution in [2.24, 2.45) is 0 Å². The maximum Gasteiger partial charge on any atom is 0.229 e. The summed E-state index contributed by atoms with van der Waals surface area (Å²) in [6.45, 7) is -1.26. The van der Waals surface area contributed by atoms with Gasteiger partial charge in [0, 0.05) is 0 Å². The summed E-state index contributed by atoms with van der Waals surface area (Å²) in [7, 11) is 2.80. The van der Waals surface area contributed by atoms with Crippen molar-refractivity contribution in [2.45, 2.75) is 42.9 Å². The molecule has 12 heteroatoms. The molecule has 12 nitrogen and oxygen atoms in total. The molecule has 210 valence electrons. The van der Waals surface area contributed by atoms with Crippen LogP contribution in [0.1, 0.15) is 17.2 Å². The Morgan fingerprint density at radius 1 is 0.868 bits per heavy atom. The molecule has 1 aliphatic heterocycles. The molecule has 0 bridgehead atoms. The van der Waals surface area contributed by atoms with Crippen molar-refractivity contribution in [3.63, 3.8) is 0 Å². The Bertz CT molecular complexity index is 1060. The van der Waals surface area contributed by atoms with E-state index in [1.807, 2.05) is 0 Å². The second-order valence-corrected chi connectivity index (χ2v) is 8.50. The molecule has 1 aliphatic rings. The molecule has 1 saturated heterocycles. The fraction of sp³-hybridized carbons (Fsp3) is 0.462. The first-order valence-electron chi connectivity index (χ1n) is 11.8. The van der Waals surface area contributed by atoms with E-state index in [1.165, 1.54) is 32.4 Å². The molecular formula is C26H34O12. The third-order valence-electron chi connectivity index (χ3n) is 6.03. The number of rotatable bonds is 12. The molecule has 0 aromatic heterocycles. The summed E-state index contributed by atoms with van der Waals surface area (Å²) in [4.78, 5) is 0. The van der Waals surface area contributed by atoms with Crippen molar-refractivity contribution >= 4 is 6.08 Å². The van der Waals surface area contributed by atoms with Crippen LogP contribution in [0.2, 0.25) is 0 Å². The van der Waals surface area contributed by atoms with Crippen LogP contribution >= 0.6 is 0 Å². The normalized spacial score (nSPS) is 25.1. The second kappa shape index (κ2) is 13.7. The van der Waals surface area contributed by atoms with E-state index < -0.39 is 56.1 Å². The van der Waals surface area contributed by atoms with Crippen LogP contribution in [0, 0.1) is 0 Å². The van der Waals surface area contributed by atoms with Gasteiger partial charge in [-0.3, -0.25) is 0 Å². The van der Waals surface area contributed by atoms with Gasteiger partial charge >= 0.3 is 0 Å². The predicted molar refractivity (Wildman–Crippen MR) is 133 cm³/mol. The second-order valence-electron chi connectivity index (χ2n) is 8.50. The topological polar surface area (TPSA) is 188 Å². The van der Waals surface area contributed by atoms with Crippen molar-refractivity contribution < 1.29 is 59.4 Å². The highest BCUT2D eigenvalue weighted by molar-refractivity contribution is 5.56. The van der Waals surface area contributed by atoms with Crippen molar-refractivity contribution in [1.82, 2.24) is 0 Å². The predicted octanol–water partition coefficient (Wildman–Crippen LogP) is -0.639. The summed E-state index contributed by atoms with van der Waals surface area (Å²) < 4.78 is 27.6. The molecule has 1 heterocycles. The highest BCUT2D eigenvalue weighted by Gasteiger charge is 2.45. The van der Waals surface area contributed by atoms with Gasteiger partial charge in [0.1, 0.15) is 30.5 Å². The number of ether oxygens (including phenoxy) is 5. The van der Waals surface area contributed by atoms with Gasteiger partial charge in [-0.25, -0.2) is 0 Å². The zero-order valence-electron chi connectivity index (χ0n) is 21.0. The minimum atomic E-state index is -1.62. The van der Waals surface area contributed by atoms with Crippen LogP contribution in [0.25, 0.3) is 6.08 Å². The molecule has 0 saturated carbocycles. The van der Waals surface area contributed by atoms with E-state index >= 15 is 0 Å². The van der Waals surface area contributed by atoms with Gasteiger partial charge in [-0.15, -0.1) is 0 Å². The standard InChI is InChI=1S/C26H34O12/c1-34-18-10-14(4-3-9-27)5-7-16(18)36-20(12-28)22(30)15-6-8-17(19(11-15)35-2)37-26-25(33)24(32)23(31)21(13-29)38-26/h3-8,10-11,20-33H,9,12-13H2,1-2H3/b4-3+/t20?,21-,22?,23-,24+,25-,26-/m1/s1. The summed E-state index contributed by atoms with van der Waals surface area (Å²) in [5.74, 6) is 0.855. The van der Waals surface area contributed by atoms with Gasteiger partial charge in [0.15, 0.2) is 29.1 Å². The molecule has 1 fully saturated rings. The molecule has 38 heavy (non-hydrogen) atoms. The smallest absolute Gasteiger partial charge is 0.229 e. The lowest BCUT2D eigenvalue weighted by atomic mass is 9.99. The van der Waals surface area contributed by atoms with E-state index in [0.29, 0.717) is 11.3 Å². The van der Waals surface area contributed by atoms with Crippen LogP contribution in [0.3, 0.4) is 0 Å². The van der Waals surface area contributed by atoms with Gasteiger partial charge in [-0.2, -0.15) is 0 Å². The SMILES string of the molecule is COc1cc(/C=C/CO)ccc1OC(CO)C(O)c1ccc(O[C@@H]2O[C@H](CO)[C@@H](O)[C@H](O)[C@H]2O)c(OC)c1. The van der Waals surface area contributed by atoms with E-state index in [9.17, 15) is 30.6 Å². The van der Waals surface area contributed by atoms with E-state index in [1.54, 1.807) is 30.4 Å². The first-order valence-corrected chi connectivity index (χ1v) is 11.8. The summed E-state index contributed by atoms with van der Waals surface area (Å²) in [6, 6.07) is 9.36. The fourth-order valence-electron chi connectivity index (χ4n) is 3.91. The summed E-state index contributed by atoms with van der Waals surface area (Å²) in [6.07, 6.45) is -6.47. The van der Waals surface area contributed by atoms with Gasteiger partial charge in [-0.1, -0.05) is 24.3 Å². The number of hydrogen-bond donors (Lipinski definition) is 7. The van der Waals surface area contributed by atoms with Crippen molar-refractivity contribution in [3.8, 4) is 23.0 Å². The monoisotopic (exact) mass is 538 g/mol. The third kappa shape index (κ3) is 6.73. The van der Waals surface area contributed by atoms with Crippen molar-refractivity contribution in [2.75, 3.05) is 34.0 Å². The Balaban J connectivity index is 1.78. The van der Waals surface area contributed by atoms with Crippen LogP contribution in [0.4, 0.5) is 0 Å². The first-order chi connectivity index (χ1) is 18.3. The molecule has 3 rings (SSSR count). The zero-order valence-corrected chi connectivity index (χ0v) is 21.0. The Hall–Kier alpha value is -2.94. The van der Waals surface area contributed by atoms with Gasteiger partial charge in [0.2, 0.25) is 6.29 Å². The van der Waals surface area contributed by atoms with Crippen LogP contribution in [-0.4, -0.2) is 107 Å². The molecule has 0 radical (unpaired) electrons. The lowest BCUT2D eigenvalue weighted by Gasteiger charge is -2.39. The maximum atomic E-state index is 11.0. The van der Waals surface area contributed by atoms with Crippen molar-refractivity contribution in [1.29, 1.82) is 0 Å². The Morgan fingerprint density at radius 3 is 2.18 bits per heavy atom. The number of methoxy groups -OCH3 is 2. The number of aliphatic hydroxyl groups excluding tert-OH is 7. The Labute approximate surface area is 219 Å². The molecule has 7 N–H and O–H groups in total. The average Bonchev–Trinajstić information content (AvgIpc) is 2.94. The lowest BCUT2D eigenvalue weighted by Crippen LogP contribution is -2.60. The molecule has 2 aromatic rings. The average molecular weight is 539 g/mol.